The first-order valence-corrected chi connectivity index (χ1v) is 6.84. The van der Waals surface area contributed by atoms with Crippen molar-refractivity contribution in [1.82, 2.24) is 9.36 Å². The Bertz CT molecular complexity index is 625. The van der Waals surface area contributed by atoms with Gasteiger partial charge >= 0.3 is 0 Å². The molecule has 2 N–H and O–H groups in total. The molecule has 0 unspecified atom stereocenters. The first kappa shape index (κ1) is 13.7. The van der Waals surface area contributed by atoms with Crippen LogP contribution >= 0.6 is 11.6 Å². The van der Waals surface area contributed by atoms with Crippen LogP contribution in [0.25, 0.3) is 5.69 Å². The Hall–Kier alpha value is -1.68. The fraction of sp³-hybridized carbons (Fsp3) is 0.357. The number of anilines is 1. The number of nitrogen functional groups attached to an aromatic ring is 1. The van der Waals surface area contributed by atoms with Crippen LogP contribution in [0.3, 0.4) is 0 Å². The average Bonchev–Trinajstić information content (AvgIpc) is 2.63. The molecule has 1 heterocycles. The molecule has 19 heavy (non-hydrogen) atoms. The summed E-state index contributed by atoms with van der Waals surface area (Å²) in [4.78, 5) is 12.3. The topological polar surface area (TPSA) is 52.9 Å². The van der Waals surface area contributed by atoms with Crippen LogP contribution in [-0.4, -0.2) is 9.36 Å². The van der Waals surface area contributed by atoms with Crippen molar-refractivity contribution < 1.29 is 0 Å². The maximum atomic E-state index is 12.3. The molecule has 0 aliphatic carbocycles. The van der Waals surface area contributed by atoms with E-state index in [1.54, 1.807) is 16.8 Å². The lowest BCUT2D eigenvalue weighted by Crippen LogP contribution is -2.22. The minimum absolute atomic E-state index is 0.160. The number of aromatic nitrogens is 2. The fourth-order valence-corrected chi connectivity index (χ4v) is 2.39. The van der Waals surface area contributed by atoms with E-state index in [2.05, 4.69) is 6.92 Å². The summed E-state index contributed by atoms with van der Waals surface area (Å²) in [6.45, 7) is 4.84. The molecule has 0 aliphatic rings. The van der Waals surface area contributed by atoms with Crippen LogP contribution in [0, 0.1) is 0 Å². The van der Waals surface area contributed by atoms with Gasteiger partial charge in [0.25, 0.3) is 5.56 Å². The highest BCUT2D eigenvalue weighted by molar-refractivity contribution is 6.30. The number of hydrogen-bond acceptors (Lipinski definition) is 2. The molecule has 2 rings (SSSR count). The van der Waals surface area contributed by atoms with E-state index in [0.29, 0.717) is 10.7 Å². The largest absolute Gasteiger partial charge is 0.393 e. The van der Waals surface area contributed by atoms with Crippen LogP contribution in [0.4, 0.5) is 5.69 Å². The Morgan fingerprint density at radius 1 is 1.21 bits per heavy atom. The van der Waals surface area contributed by atoms with E-state index in [4.69, 9.17) is 17.3 Å². The van der Waals surface area contributed by atoms with Gasteiger partial charge in [0.2, 0.25) is 0 Å². The third-order valence-corrected chi connectivity index (χ3v) is 3.38. The van der Waals surface area contributed by atoms with E-state index in [0.717, 1.165) is 30.8 Å². The van der Waals surface area contributed by atoms with Gasteiger partial charge < -0.3 is 5.73 Å². The van der Waals surface area contributed by atoms with E-state index >= 15 is 0 Å². The van der Waals surface area contributed by atoms with E-state index in [1.165, 1.54) is 0 Å². The molecular weight excluding hydrogens is 262 g/mol. The van der Waals surface area contributed by atoms with Gasteiger partial charge in [-0.1, -0.05) is 25.4 Å². The maximum Gasteiger partial charge on any atom is 0.294 e. The van der Waals surface area contributed by atoms with Crippen molar-refractivity contribution in [2.45, 2.75) is 33.2 Å². The number of halogens is 1. The third kappa shape index (κ3) is 2.40. The molecule has 4 nitrogen and oxygen atoms in total. The molecule has 102 valence electrons. The van der Waals surface area contributed by atoms with Crippen molar-refractivity contribution in [3.05, 3.63) is 45.3 Å². The Morgan fingerprint density at radius 2 is 1.84 bits per heavy atom. The van der Waals surface area contributed by atoms with Crippen LogP contribution < -0.4 is 11.3 Å². The normalized spacial score (nSPS) is 10.9. The number of nitrogens with zero attached hydrogens (tertiary/aromatic N) is 2. The molecule has 0 saturated heterocycles. The standard InChI is InChI=1S/C14H18ClN3O/c1-3-9-17-12(4-2)13(16)14(19)18(17)11-7-5-10(15)6-8-11/h5-8H,3-4,9,16H2,1-2H3. The first-order chi connectivity index (χ1) is 9.10. The Balaban J connectivity index is 2.68. The molecule has 0 saturated carbocycles. The van der Waals surface area contributed by atoms with Crippen LogP contribution in [0.15, 0.2) is 29.1 Å². The maximum absolute atomic E-state index is 12.3. The van der Waals surface area contributed by atoms with Crippen molar-refractivity contribution in [2.75, 3.05) is 5.73 Å². The molecule has 0 bridgehead atoms. The number of nitrogens with two attached hydrogens (primary N) is 1. The summed E-state index contributed by atoms with van der Waals surface area (Å²) in [6, 6.07) is 7.20. The predicted octanol–water partition coefficient (Wildman–Crippen LogP) is 2.85. The number of benzene rings is 1. The number of rotatable bonds is 4. The van der Waals surface area contributed by atoms with Crippen LogP contribution in [-0.2, 0) is 13.0 Å². The molecule has 0 spiro atoms. The fourth-order valence-electron chi connectivity index (χ4n) is 2.27. The lowest BCUT2D eigenvalue weighted by atomic mass is 10.3. The summed E-state index contributed by atoms with van der Waals surface area (Å²) in [5.41, 5.74) is 7.79. The van der Waals surface area contributed by atoms with E-state index < -0.39 is 0 Å². The minimum Gasteiger partial charge on any atom is -0.393 e. The quantitative estimate of drug-likeness (QED) is 0.936. The Morgan fingerprint density at radius 3 is 2.37 bits per heavy atom. The van der Waals surface area contributed by atoms with Gasteiger partial charge in [-0.25, -0.2) is 4.68 Å². The predicted molar refractivity (Wildman–Crippen MR) is 79.1 cm³/mol. The molecule has 0 radical (unpaired) electrons. The SMILES string of the molecule is CCCn1c(CC)c(N)c(=O)n1-c1ccc(Cl)cc1. The van der Waals surface area contributed by atoms with Gasteiger partial charge in [0.15, 0.2) is 0 Å². The highest BCUT2D eigenvalue weighted by Gasteiger charge is 2.16. The lowest BCUT2D eigenvalue weighted by molar-refractivity contribution is 0.516. The average molecular weight is 280 g/mol. The van der Waals surface area contributed by atoms with Crippen molar-refractivity contribution in [3.63, 3.8) is 0 Å². The Kier molecular flexibility index (Phi) is 4.00. The highest BCUT2D eigenvalue weighted by atomic mass is 35.5. The van der Waals surface area contributed by atoms with Crippen molar-refractivity contribution in [2.24, 2.45) is 0 Å². The highest BCUT2D eigenvalue weighted by Crippen LogP contribution is 2.17. The van der Waals surface area contributed by atoms with Crippen molar-refractivity contribution in [3.8, 4) is 5.69 Å². The van der Waals surface area contributed by atoms with Crippen LogP contribution in [0.1, 0.15) is 26.0 Å². The zero-order chi connectivity index (χ0) is 14.0. The smallest absolute Gasteiger partial charge is 0.294 e. The molecule has 0 fully saturated rings. The van der Waals surface area contributed by atoms with Crippen LogP contribution in [0.2, 0.25) is 5.02 Å². The molecular formula is C14H18ClN3O. The third-order valence-electron chi connectivity index (χ3n) is 3.13. The minimum atomic E-state index is -0.160. The second-order valence-electron chi connectivity index (χ2n) is 4.43. The summed E-state index contributed by atoms with van der Waals surface area (Å²) in [5, 5.41) is 0.647. The second-order valence-corrected chi connectivity index (χ2v) is 4.87. The molecule has 5 heteroatoms. The Labute approximate surface area is 117 Å². The molecule has 0 aliphatic heterocycles. The van der Waals surface area contributed by atoms with Crippen molar-refractivity contribution in [1.29, 1.82) is 0 Å². The summed E-state index contributed by atoms with van der Waals surface area (Å²) in [6.07, 6.45) is 1.68. The van der Waals surface area contributed by atoms with Gasteiger partial charge in [0.05, 0.1) is 11.4 Å². The monoisotopic (exact) mass is 279 g/mol. The molecule has 2 aromatic rings. The summed E-state index contributed by atoms with van der Waals surface area (Å²) in [7, 11) is 0. The molecule has 1 aromatic carbocycles. The first-order valence-electron chi connectivity index (χ1n) is 6.46. The van der Waals surface area contributed by atoms with Crippen molar-refractivity contribution >= 4 is 17.3 Å². The van der Waals surface area contributed by atoms with E-state index in [1.807, 2.05) is 23.7 Å². The van der Waals surface area contributed by atoms with E-state index in [-0.39, 0.29) is 5.56 Å². The zero-order valence-electron chi connectivity index (χ0n) is 11.2. The summed E-state index contributed by atoms with van der Waals surface area (Å²) < 4.78 is 3.59. The molecule has 1 aromatic heterocycles. The van der Waals surface area contributed by atoms with Gasteiger partial charge in [-0.15, -0.1) is 0 Å². The van der Waals surface area contributed by atoms with Crippen LogP contribution in [0.5, 0.6) is 0 Å². The molecule has 0 amide bonds. The van der Waals surface area contributed by atoms with Gasteiger partial charge in [0, 0.05) is 11.6 Å². The molecule has 0 atom stereocenters. The number of hydrogen-bond donors (Lipinski definition) is 1. The van der Waals surface area contributed by atoms with E-state index in [9.17, 15) is 4.79 Å². The van der Waals surface area contributed by atoms with Gasteiger partial charge in [-0.3, -0.25) is 9.48 Å². The van der Waals surface area contributed by atoms with Gasteiger partial charge in [-0.2, -0.15) is 0 Å². The zero-order valence-corrected chi connectivity index (χ0v) is 11.9. The summed E-state index contributed by atoms with van der Waals surface area (Å²) in [5.74, 6) is 0. The van der Waals surface area contributed by atoms with Gasteiger partial charge in [0.1, 0.15) is 5.69 Å². The van der Waals surface area contributed by atoms with Gasteiger partial charge in [-0.05, 0) is 37.1 Å². The lowest BCUT2D eigenvalue weighted by Gasteiger charge is -2.13. The summed E-state index contributed by atoms with van der Waals surface area (Å²) >= 11 is 5.88. The second kappa shape index (κ2) is 5.53.